The highest BCUT2D eigenvalue weighted by Crippen LogP contribution is 2.23. The predicted molar refractivity (Wildman–Crippen MR) is 74.7 cm³/mol. The van der Waals surface area contributed by atoms with Gasteiger partial charge in [-0.15, -0.1) is 0 Å². The Balaban J connectivity index is 2.39. The van der Waals surface area contributed by atoms with Crippen LogP contribution in [0.15, 0.2) is 18.2 Å². The molecule has 0 atom stereocenters. The number of likely N-dealkylation sites (N-methyl/N-ethyl adjacent to an activating group) is 1. The maximum atomic E-state index is 5.34. The van der Waals surface area contributed by atoms with E-state index in [4.69, 9.17) is 9.47 Å². The monoisotopic (exact) mass is 252 g/mol. The topological polar surface area (TPSA) is 42.5 Å². The van der Waals surface area contributed by atoms with E-state index in [2.05, 4.69) is 17.6 Å². The molecule has 4 heteroatoms. The Kier molecular flexibility index (Phi) is 7.22. The van der Waals surface area contributed by atoms with Crippen molar-refractivity contribution in [3.63, 3.8) is 0 Å². The van der Waals surface area contributed by atoms with Gasteiger partial charge in [-0.1, -0.05) is 6.92 Å². The van der Waals surface area contributed by atoms with Gasteiger partial charge in [-0.25, -0.2) is 0 Å². The molecular formula is C14H24N2O2. The van der Waals surface area contributed by atoms with Crippen LogP contribution in [-0.4, -0.2) is 40.4 Å². The SMILES string of the molecule is CCNCCNCCc1cc(OC)ccc1OC. The van der Waals surface area contributed by atoms with Crippen molar-refractivity contribution in [2.24, 2.45) is 0 Å². The Morgan fingerprint density at radius 2 is 1.78 bits per heavy atom. The molecule has 0 saturated heterocycles. The first-order valence-corrected chi connectivity index (χ1v) is 6.44. The minimum atomic E-state index is 0.874. The van der Waals surface area contributed by atoms with E-state index in [9.17, 15) is 0 Å². The van der Waals surface area contributed by atoms with E-state index in [1.54, 1.807) is 14.2 Å². The van der Waals surface area contributed by atoms with Crippen molar-refractivity contribution in [2.75, 3.05) is 40.4 Å². The fraction of sp³-hybridized carbons (Fsp3) is 0.571. The van der Waals surface area contributed by atoms with Gasteiger partial charge in [0.25, 0.3) is 0 Å². The number of hydrogen-bond donors (Lipinski definition) is 2. The highest BCUT2D eigenvalue weighted by Gasteiger charge is 2.04. The molecule has 0 amide bonds. The van der Waals surface area contributed by atoms with Crippen LogP contribution in [0.1, 0.15) is 12.5 Å². The van der Waals surface area contributed by atoms with Crippen LogP contribution in [0.2, 0.25) is 0 Å². The van der Waals surface area contributed by atoms with Crippen molar-refractivity contribution in [2.45, 2.75) is 13.3 Å². The van der Waals surface area contributed by atoms with Gasteiger partial charge in [-0.3, -0.25) is 0 Å². The molecule has 2 N–H and O–H groups in total. The Hall–Kier alpha value is -1.26. The summed E-state index contributed by atoms with van der Waals surface area (Å²) in [6, 6.07) is 5.90. The second kappa shape index (κ2) is 8.78. The number of nitrogens with one attached hydrogen (secondary N) is 2. The van der Waals surface area contributed by atoms with Crippen molar-refractivity contribution in [1.82, 2.24) is 10.6 Å². The van der Waals surface area contributed by atoms with Gasteiger partial charge in [0, 0.05) is 13.1 Å². The van der Waals surface area contributed by atoms with Crippen molar-refractivity contribution >= 4 is 0 Å². The number of rotatable bonds is 9. The molecule has 0 bridgehead atoms. The summed E-state index contributed by atoms with van der Waals surface area (Å²) in [6.45, 7) is 6.06. The van der Waals surface area contributed by atoms with E-state index in [0.717, 1.165) is 44.1 Å². The van der Waals surface area contributed by atoms with Gasteiger partial charge in [0.1, 0.15) is 11.5 Å². The molecule has 0 heterocycles. The first kappa shape index (κ1) is 14.8. The average Bonchev–Trinajstić information content (AvgIpc) is 2.42. The molecule has 1 aromatic rings. The van der Waals surface area contributed by atoms with E-state index < -0.39 is 0 Å². The molecule has 4 nitrogen and oxygen atoms in total. The molecule has 1 rings (SSSR count). The average molecular weight is 252 g/mol. The third-order valence-electron chi connectivity index (χ3n) is 2.79. The van der Waals surface area contributed by atoms with Gasteiger partial charge in [-0.05, 0) is 43.3 Å². The lowest BCUT2D eigenvalue weighted by atomic mass is 10.1. The van der Waals surface area contributed by atoms with Crippen LogP contribution >= 0.6 is 0 Å². The molecule has 0 aliphatic heterocycles. The Labute approximate surface area is 110 Å². The highest BCUT2D eigenvalue weighted by molar-refractivity contribution is 5.40. The van der Waals surface area contributed by atoms with Crippen LogP contribution in [0.25, 0.3) is 0 Å². The van der Waals surface area contributed by atoms with Crippen molar-refractivity contribution in [3.05, 3.63) is 23.8 Å². The van der Waals surface area contributed by atoms with Crippen molar-refractivity contribution < 1.29 is 9.47 Å². The van der Waals surface area contributed by atoms with E-state index in [1.165, 1.54) is 5.56 Å². The first-order valence-electron chi connectivity index (χ1n) is 6.44. The highest BCUT2D eigenvalue weighted by atomic mass is 16.5. The lowest BCUT2D eigenvalue weighted by Crippen LogP contribution is -2.28. The first-order chi connectivity index (χ1) is 8.81. The third kappa shape index (κ3) is 4.94. The minimum Gasteiger partial charge on any atom is -0.497 e. The van der Waals surface area contributed by atoms with Crippen LogP contribution in [-0.2, 0) is 6.42 Å². The molecule has 0 aliphatic carbocycles. The molecule has 0 fully saturated rings. The second-order valence-corrected chi connectivity index (χ2v) is 4.03. The fourth-order valence-corrected chi connectivity index (χ4v) is 1.78. The second-order valence-electron chi connectivity index (χ2n) is 4.03. The summed E-state index contributed by atoms with van der Waals surface area (Å²) >= 11 is 0. The van der Waals surface area contributed by atoms with E-state index >= 15 is 0 Å². The van der Waals surface area contributed by atoms with Gasteiger partial charge < -0.3 is 20.1 Å². The lowest BCUT2D eigenvalue weighted by molar-refractivity contribution is 0.398. The fourth-order valence-electron chi connectivity index (χ4n) is 1.78. The van der Waals surface area contributed by atoms with Crippen LogP contribution < -0.4 is 20.1 Å². The largest absolute Gasteiger partial charge is 0.497 e. The Morgan fingerprint density at radius 1 is 1.00 bits per heavy atom. The van der Waals surface area contributed by atoms with Gasteiger partial charge in [0.2, 0.25) is 0 Å². The maximum Gasteiger partial charge on any atom is 0.122 e. The quantitative estimate of drug-likeness (QED) is 0.653. The molecular weight excluding hydrogens is 228 g/mol. The molecule has 0 aromatic heterocycles. The zero-order chi connectivity index (χ0) is 13.2. The van der Waals surface area contributed by atoms with Crippen LogP contribution in [0, 0.1) is 0 Å². The summed E-state index contributed by atoms with van der Waals surface area (Å²) in [5.41, 5.74) is 1.17. The molecule has 0 radical (unpaired) electrons. The summed E-state index contributed by atoms with van der Waals surface area (Å²) in [7, 11) is 3.38. The minimum absolute atomic E-state index is 0.874. The third-order valence-corrected chi connectivity index (χ3v) is 2.79. The number of ether oxygens (including phenoxy) is 2. The number of benzene rings is 1. The summed E-state index contributed by atoms with van der Waals surface area (Å²) in [4.78, 5) is 0. The zero-order valence-corrected chi connectivity index (χ0v) is 11.6. The van der Waals surface area contributed by atoms with Gasteiger partial charge in [0.05, 0.1) is 14.2 Å². The van der Waals surface area contributed by atoms with Crippen molar-refractivity contribution in [3.8, 4) is 11.5 Å². The summed E-state index contributed by atoms with van der Waals surface area (Å²) in [5, 5.41) is 6.68. The lowest BCUT2D eigenvalue weighted by Gasteiger charge is -2.11. The summed E-state index contributed by atoms with van der Waals surface area (Å²) in [5.74, 6) is 1.79. The number of hydrogen-bond acceptors (Lipinski definition) is 4. The van der Waals surface area contributed by atoms with Gasteiger partial charge in [-0.2, -0.15) is 0 Å². The van der Waals surface area contributed by atoms with E-state index in [-0.39, 0.29) is 0 Å². The summed E-state index contributed by atoms with van der Waals surface area (Å²) < 4.78 is 10.6. The standard InChI is InChI=1S/C14H24N2O2/c1-4-15-9-10-16-8-7-12-11-13(17-2)5-6-14(12)18-3/h5-6,11,15-16H,4,7-10H2,1-3H3. The van der Waals surface area contributed by atoms with Crippen LogP contribution in [0.3, 0.4) is 0 Å². The van der Waals surface area contributed by atoms with Crippen LogP contribution in [0.5, 0.6) is 11.5 Å². The van der Waals surface area contributed by atoms with Crippen LogP contribution in [0.4, 0.5) is 0 Å². The Morgan fingerprint density at radius 3 is 2.44 bits per heavy atom. The number of methoxy groups -OCH3 is 2. The smallest absolute Gasteiger partial charge is 0.122 e. The molecule has 1 aromatic carbocycles. The molecule has 102 valence electrons. The molecule has 0 spiro atoms. The van der Waals surface area contributed by atoms with E-state index in [0.29, 0.717) is 0 Å². The van der Waals surface area contributed by atoms with Gasteiger partial charge in [0.15, 0.2) is 0 Å². The predicted octanol–water partition coefficient (Wildman–Crippen LogP) is 1.45. The normalized spacial score (nSPS) is 10.4. The zero-order valence-electron chi connectivity index (χ0n) is 11.6. The van der Waals surface area contributed by atoms with Crippen molar-refractivity contribution in [1.29, 1.82) is 0 Å². The molecule has 0 unspecified atom stereocenters. The Bertz CT molecular complexity index is 343. The molecule has 0 saturated carbocycles. The molecule has 18 heavy (non-hydrogen) atoms. The summed E-state index contributed by atoms with van der Waals surface area (Å²) in [6.07, 6.45) is 0.937. The van der Waals surface area contributed by atoms with E-state index in [1.807, 2.05) is 18.2 Å². The molecule has 0 aliphatic rings. The van der Waals surface area contributed by atoms with Gasteiger partial charge >= 0.3 is 0 Å². The maximum absolute atomic E-state index is 5.34.